The summed E-state index contributed by atoms with van der Waals surface area (Å²) < 4.78 is 0. The number of aryl methyl sites for hydroxylation is 1. The Morgan fingerprint density at radius 1 is 1.19 bits per heavy atom. The molecule has 0 radical (unpaired) electrons. The number of likely N-dealkylation sites (N-methyl/N-ethyl adjacent to an activating group) is 1. The standard InChI is InChI=1S/C20H25N3O3/c1-22-19(26)23(18(25)20(22)11-5-2-6-12-20)13-17(24)21-16-10-9-14-7-3-4-8-15(14)16/h3-4,7-8,16H,2,5-6,9-13H2,1H3,(H,21,24)/t16-/m0/s1. The van der Waals surface area contributed by atoms with Crippen molar-refractivity contribution in [2.45, 2.75) is 56.5 Å². The number of nitrogens with one attached hydrogen (secondary N) is 1. The van der Waals surface area contributed by atoms with Gasteiger partial charge in [0.05, 0.1) is 6.04 Å². The lowest BCUT2D eigenvalue weighted by atomic mass is 9.81. The molecule has 4 rings (SSSR count). The van der Waals surface area contributed by atoms with E-state index in [4.69, 9.17) is 0 Å². The molecule has 1 atom stereocenters. The largest absolute Gasteiger partial charge is 0.348 e. The Balaban J connectivity index is 1.45. The maximum atomic E-state index is 13.0. The topological polar surface area (TPSA) is 69.7 Å². The third-order valence-corrected chi connectivity index (χ3v) is 6.25. The zero-order valence-electron chi connectivity index (χ0n) is 15.2. The van der Waals surface area contributed by atoms with Gasteiger partial charge in [0.15, 0.2) is 0 Å². The van der Waals surface area contributed by atoms with Crippen molar-refractivity contribution in [2.75, 3.05) is 13.6 Å². The molecule has 26 heavy (non-hydrogen) atoms. The number of hydrogen-bond donors (Lipinski definition) is 1. The second-order valence-electron chi connectivity index (χ2n) is 7.68. The molecule has 0 unspecified atom stereocenters. The van der Waals surface area contributed by atoms with Crippen molar-refractivity contribution in [3.8, 4) is 0 Å². The van der Waals surface area contributed by atoms with Gasteiger partial charge in [-0.2, -0.15) is 0 Å². The molecule has 0 bridgehead atoms. The predicted molar refractivity (Wildman–Crippen MR) is 96.3 cm³/mol. The first-order valence-corrected chi connectivity index (χ1v) is 9.50. The first-order chi connectivity index (χ1) is 12.5. The normalized spacial score (nSPS) is 24.3. The first kappa shape index (κ1) is 17.1. The molecular formula is C20H25N3O3. The van der Waals surface area contributed by atoms with Crippen molar-refractivity contribution < 1.29 is 14.4 Å². The molecule has 1 aromatic carbocycles. The molecule has 4 amide bonds. The van der Waals surface area contributed by atoms with Gasteiger partial charge in [0.2, 0.25) is 5.91 Å². The van der Waals surface area contributed by atoms with E-state index in [0.717, 1.165) is 42.6 Å². The number of rotatable bonds is 3. The van der Waals surface area contributed by atoms with Crippen LogP contribution in [0.4, 0.5) is 4.79 Å². The van der Waals surface area contributed by atoms with E-state index < -0.39 is 5.54 Å². The molecule has 1 aromatic rings. The summed E-state index contributed by atoms with van der Waals surface area (Å²) in [6, 6.07) is 7.70. The van der Waals surface area contributed by atoms with Crippen LogP contribution >= 0.6 is 0 Å². The van der Waals surface area contributed by atoms with Gasteiger partial charge in [0.1, 0.15) is 12.1 Å². The van der Waals surface area contributed by atoms with E-state index in [0.29, 0.717) is 12.8 Å². The Kier molecular flexibility index (Phi) is 4.21. The van der Waals surface area contributed by atoms with Crippen molar-refractivity contribution in [1.29, 1.82) is 0 Å². The van der Waals surface area contributed by atoms with Crippen LogP contribution in [0.15, 0.2) is 24.3 Å². The summed E-state index contributed by atoms with van der Waals surface area (Å²) in [6.45, 7) is -0.192. The average Bonchev–Trinajstić information content (AvgIpc) is 3.13. The molecule has 2 fully saturated rings. The summed E-state index contributed by atoms with van der Waals surface area (Å²) in [5.41, 5.74) is 1.67. The molecule has 6 nitrogen and oxygen atoms in total. The quantitative estimate of drug-likeness (QED) is 0.847. The Morgan fingerprint density at radius 3 is 2.69 bits per heavy atom. The molecule has 2 aliphatic carbocycles. The van der Waals surface area contributed by atoms with Gasteiger partial charge in [0.25, 0.3) is 5.91 Å². The van der Waals surface area contributed by atoms with Gasteiger partial charge >= 0.3 is 6.03 Å². The minimum atomic E-state index is -0.727. The Labute approximate surface area is 153 Å². The monoisotopic (exact) mass is 355 g/mol. The summed E-state index contributed by atoms with van der Waals surface area (Å²) in [4.78, 5) is 40.8. The van der Waals surface area contributed by atoms with Crippen molar-refractivity contribution in [1.82, 2.24) is 15.1 Å². The number of fused-ring (bicyclic) bond motifs is 1. The lowest BCUT2D eigenvalue weighted by Crippen LogP contribution is -2.49. The van der Waals surface area contributed by atoms with Gasteiger partial charge < -0.3 is 10.2 Å². The molecule has 3 aliphatic rings. The minimum absolute atomic E-state index is 0.0344. The molecule has 1 spiro atoms. The number of benzene rings is 1. The fourth-order valence-corrected chi connectivity index (χ4v) is 4.76. The fourth-order valence-electron chi connectivity index (χ4n) is 4.76. The van der Waals surface area contributed by atoms with E-state index in [1.54, 1.807) is 11.9 Å². The SMILES string of the molecule is CN1C(=O)N(CC(=O)N[C@H]2CCc3ccccc32)C(=O)C12CCCCC2. The highest BCUT2D eigenvalue weighted by Crippen LogP contribution is 2.39. The van der Waals surface area contributed by atoms with Gasteiger partial charge in [-0.3, -0.25) is 14.5 Å². The Bertz CT molecular complexity index is 754. The van der Waals surface area contributed by atoms with Crippen LogP contribution in [-0.2, 0) is 16.0 Å². The Hall–Kier alpha value is -2.37. The summed E-state index contributed by atoms with van der Waals surface area (Å²) in [5, 5.41) is 3.01. The van der Waals surface area contributed by atoms with Crippen LogP contribution in [0.1, 0.15) is 55.7 Å². The smallest absolute Gasteiger partial charge is 0.327 e. The number of nitrogens with zero attached hydrogens (tertiary/aromatic N) is 2. The highest BCUT2D eigenvalue weighted by atomic mass is 16.2. The number of imide groups is 1. The summed E-state index contributed by atoms with van der Waals surface area (Å²) >= 11 is 0. The fraction of sp³-hybridized carbons (Fsp3) is 0.550. The van der Waals surface area contributed by atoms with Crippen LogP contribution in [-0.4, -0.2) is 46.8 Å². The number of urea groups is 1. The number of amides is 4. The van der Waals surface area contributed by atoms with E-state index in [2.05, 4.69) is 11.4 Å². The second-order valence-corrected chi connectivity index (χ2v) is 7.68. The lowest BCUT2D eigenvalue weighted by molar-refractivity contribution is -0.137. The van der Waals surface area contributed by atoms with E-state index in [1.807, 2.05) is 18.2 Å². The van der Waals surface area contributed by atoms with Gasteiger partial charge in [-0.1, -0.05) is 43.5 Å². The van der Waals surface area contributed by atoms with Gasteiger partial charge in [-0.15, -0.1) is 0 Å². The number of hydrogen-bond acceptors (Lipinski definition) is 3. The summed E-state index contributed by atoms with van der Waals surface area (Å²) in [7, 11) is 1.69. The molecule has 6 heteroatoms. The molecular weight excluding hydrogens is 330 g/mol. The maximum absolute atomic E-state index is 13.0. The molecule has 1 heterocycles. The third-order valence-electron chi connectivity index (χ3n) is 6.25. The van der Waals surface area contributed by atoms with Gasteiger partial charge in [-0.05, 0) is 36.8 Å². The summed E-state index contributed by atoms with van der Waals surface area (Å²) in [6.07, 6.45) is 6.18. The van der Waals surface area contributed by atoms with Gasteiger partial charge in [-0.25, -0.2) is 4.79 Å². The average molecular weight is 355 g/mol. The molecule has 1 N–H and O–H groups in total. The Morgan fingerprint density at radius 2 is 1.92 bits per heavy atom. The molecule has 1 saturated carbocycles. The number of carbonyl (C=O) groups excluding carboxylic acids is 3. The lowest BCUT2D eigenvalue weighted by Gasteiger charge is -2.35. The first-order valence-electron chi connectivity index (χ1n) is 9.50. The van der Waals surface area contributed by atoms with Crippen molar-refractivity contribution in [3.63, 3.8) is 0 Å². The highest BCUT2D eigenvalue weighted by Gasteiger charge is 2.55. The van der Waals surface area contributed by atoms with Crippen molar-refractivity contribution in [3.05, 3.63) is 35.4 Å². The van der Waals surface area contributed by atoms with E-state index >= 15 is 0 Å². The predicted octanol–water partition coefficient (Wildman–Crippen LogP) is 2.39. The van der Waals surface area contributed by atoms with Crippen molar-refractivity contribution >= 4 is 17.8 Å². The maximum Gasteiger partial charge on any atom is 0.327 e. The third kappa shape index (κ3) is 2.59. The van der Waals surface area contributed by atoms with E-state index in [9.17, 15) is 14.4 Å². The van der Waals surface area contributed by atoms with Crippen LogP contribution in [0.25, 0.3) is 0 Å². The highest BCUT2D eigenvalue weighted by molar-refractivity contribution is 6.09. The summed E-state index contributed by atoms with van der Waals surface area (Å²) in [5.74, 6) is -0.471. The zero-order valence-corrected chi connectivity index (χ0v) is 15.2. The molecule has 1 aliphatic heterocycles. The van der Waals surface area contributed by atoms with Crippen LogP contribution in [0.3, 0.4) is 0 Å². The van der Waals surface area contributed by atoms with Crippen LogP contribution < -0.4 is 5.32 Å². The number of carbonyl (C=O) groups is 3. The zero-order chi connectivity index (χ0) is 18.3. The van der Waals surface area contributed by atoms with E-state index in [1.165, 1.54) is 5.56 Å². The van der Waals surface area contributed by atoms with Crippen LogP contribution in [0.5, 0.6) is 0 Å². The van der Waals surface area contributed by atoms with Crippen molar-refractivity contribution in [2.24, 2.45) is 0 Å². The molecule has 0 aromatic heterocycles. The molecule has 138 valence electrons. The van der Waals surface area contributed by atoms with Crippen LogP contribution in [0, 0.1) is 0 Å². The van der Waals surface area contributed by atoms with Gasteiger partial charge in [0, 0.05) is 7.05 Å². The van der Waals surface area contributed by atoms with E-state index in [-0.39, 0.29) is 30.4 Å². The van der Waals surface area contributed by atoms with Crippen LogP contribution in [0.2, 0.25) is 0 Å². The molecule has 1 saturated heterocycles. The minimum Gasteiger partial charge on any atom is -0.348 e. The second kappa shape index (κ2) is 6.41.